The molecule has 11 heteroatoms. The molecule has 0 aliphatic heterocycles. The van der Waals surface area contributed by atoms with Crippen LogP contribution in [0, 0.1) is 22.9 Å². The topological polar surface area (TPSA) is 108 Å². The highest BCUT2D eigenvalue weighted by Gasteiger charge is 2.24. The Balaban J connectivity index is 1.73. The van der Waals surface area contributed by atoms with Crippen molar-refractivity contribution >= 4 is 29.0 Å². The van der Waals surface area contributed by atoms with Crippen molar-refractivity contribution in [2.45, 2.75) is 26.4 Å². The first-order chi connectivity index (χ1) is 13.3. The van der Waals surface area contributed by atoms with Gasteiger partial charge in [0.05, 0.1) is 11.5 Å². The van der Waals surface area contributed by atoms with Crippen LogP contribution in [0.25, 0.3) is 0 Å². The SMILES string of the molecule is Cc1c([N+](=O)[O-])cnn1C(C)C(=O)Nc1nn(Cc2cccc(F)c2)cc1Cl. The van der Waals surface area contributed by atoms with Crippen LogP contribution in [0.15, 0.2) is 36.7 Å². The van der Waals surface area contributed by atoms with E-state index in [-0.39, 0.29) is 34.6 Å². The van der Waals surface area contributed by atoms with E-state index < -0.39 is 16.9 Å². The van der Waals surface area contributed by atoms with Crippen LogP contribution in [0.2, 0.25) is 5.02 Å². The smallest absolute Gasteiger partial charge is 0.306 e. The zero-order valence-corrected chi connectivity index (χ0v) is 15.7. The molecule has 1 atom stereocenters. The fourth-order valence-electron chi connectivity index (χ4n) is 2.70. The number of benzene rings is 1. The van der Waals surface area contributed by atoms with Gasteiger partial charge in [-0.25, -0.2) is 4.39 Å². The van der Waals surface area contributed by atoms with Crippen LogP contribution in [0.4, 0.5) is 15.9 Å². The zero-order chi connectivity index (χ0) is 20.4. The summed E-state index contributed by atoms with van der Waals surface area (Å²) < 4.78 is 16.0. The number of rotatable bonds is 6. The Morgan fingerprint density at radius 2 is 2.21 bits per heavy atom. The predicted octanol–water partition coefficient (Wildman–Crippen LogP) is 3.34. The summed E-state index contributed by atoms with van der Waals surface area (Å²) in [5, 5.41) is 21.8. The van der Waals surface area contributed by atoms with E-state index in [9.17, 15) is 19.3 Å². The molecule has 0 aliphatic rings. The van der Waals surface area contributed by atoms with Gasteiger partial charge in [0.25, 0.3) is 0 Å². The molecule has 0 spiro atoms. The lowest BCUT2D eigenvalue weighted by Gasteiger charge is -2.13. The van der Waals surface area contributed by atoms with Crippen LogP contribution in [0.1, 0.15) is 24.2 Å². The van der Waals surface area contributed by atoms with E-state index in [1.807, 2.05) is 0 Å². The molecule has 0 fully saturated rings. The number of hydrogen-bond donors (Lipinski definition) is 1. The molecule has 0 aliphatic carbocycles. The van der Waals surface area contributed by atoms with E-state index in [2.05, 4.69) is 15.5 Å². The number of carbonyl (C=O) groups excluding carboxylic acids is 1. The minimum Gasteiger partial charge on any atom is -0.306 e. The highest BCUT2D eigenvalue weighted by Crippen LogP contribution is 2.23. The molecule has 1 aromatic carbocycles. The first-order valence-electron chi connectivity index (χ1n) is 8.23. The minimum atomic E-state index is -0.821. The summed E-state index contributed by atoms with van der Waals surface area (Å²) in [6.45, 7) is 3.33. The first-order valence-corrected chi connectivity index (χ1v) is 8.61. The second-order valence-electron chi connectivity index (χ2n) is 6.14. The molecule has 2 heterocycles. The summed E-state index contributed by atoms with van der Waals surface area (Å²) in [5.41, 5.74) is 0.775. The van der Waals surface area contributed by atoms with Crippen molar-refractivity contribution in [2.24, 2.45) is 0 Å². The average molecular weight is 407 g/mol. The number of nitro groups is 1. The van der Waals surface area contributed by atoms with Crippen molar-refractivity contribution in [2.75, 3.05) is 5.32 Å². The third kappa shape index (κ3) is 4.01. The first kappa shape index (κ1) is 19.5. The number of amides is 1. The third-order valence-corrected chi connectivity index (χ3v) is 4.43. The van der Waals surface area contributed by atoms with E-state index in [0.29, 0.717) is 5.56 Å². The Labute approximate surface area is 163 Å². The standard InChI is InChI=1S/C17H16ClFN6O3/c1-10-15(25(27)28)7-20-24(10)11(2)17(26)21-16-14(18)9-23(22-16)8-12-4-3-5-13(19)6-12/h3-7,9,11H,8H2,1-2H3,(H,21,22,26). The van der Waals surface area contributed by atoms with Crippen molar-refractivity contribution in [3.8, 4) is 0 Å². The molecule has 146 valence electrons. The lowest BCUT2D eigenvalue weighted by molar-refractivity contribution is -0.385. The monoisotopic (exact) mass is 406 g/mol. The fraction of sp³-hybridized carbons (Fsp3) is 0.235. The van der Waals surface area contributed by atoms with Gasteiger partial charge in [-0.15, -0.1) is 0 Å². The van der Waals surface area contributed by atoms with Crippen molar-refractivity contribution < 1.29 is 14.1 Å². The Morgan fingerprint density at radius 3 is 2.86 bits per heavy atom. The number of anilines is 1. The highest BCUT2D eigenvalue weighted by atomic mass is 35.5. The highest BCUT2D eigenvalue weighted by molar-refractivity contribution is 6.33. The Kier molecular flexibility index (Phi) is 5.41. The maximum atomic E-state index is 13.3. The van der Waals surface area contributed by atoms with Crippen LogP contribution in [0.3, 0.4) is 0 Å². The van der Waals surface area contributed by atoms with Gasteiger partial charge >= 0.3 is 5.69 Å². The van der Waals surface area contributed by atoms with Crippen LogP contribution in [-0.2, 0) is 11.3 Å². The lowest BCUT2D eigenvalue weighted by Crippen LogP contribution is -2.25. The minimum absolute atomic E-state index is 0.134. The molecule has 9 nitrogen and oxygen atoms in total. The van der Waals surface area contributed by atoms with Gasteiger partial charge in [-0.2, -0.15) is 10.2 Å². The Morgan fingerprint density at radius 1 is 1.46 bits per heavy atom. The molecule has 28 heavy (non-hydrogen) atoms. The third-order valence-electron chi connectivity index (χ3n) is 4.15. The van der Waals surface area contributed by atoms with E-state index in [0.717, 1.165) is 6.20 Å². The van der Waals surface area contributed by atoms with Crippen LogP contribution in [-0.4, -0.2) is 30.4 Å². The predicted molar refractivity (Wildman–Crippen MR) is 99.7 cm³/mol. The van der Waals surface area contributed by atoms with Crippen LogP contribution < -0.4 is 5.32 Å². The van der Waals surface area contributed by atoms with Gasteiger partial charge < -0.3 is 5.32 Å². The quantitative estimate of drug-likeness (QED) is 0.499. The summed E-state index contributed by atoms with van der Waals surface area (Å²) in [7, 11) is 0. The number of carbonyl (C=O) groups is 1. The zero-order valence-electron chi connectivity index (χ0n) is 15.0. The maximum absolute atomic E-state index is 13.3. The lowest BCUT2D eigenvalue weighted by atomic mass is 10.2. The second-order valence-corrected chi connectivity index (χ2v) is 6.54. The number of halogens is 2. The Bertz CT molecular complexity index is 1050. The molecule has 1 N–H and O–H groups in total. The summed E-state index contributed by atoms with van der Waals surface area (Å²) in [6.07, 6.45) is 2.61. The maximum Gasteiger partial charge on any atom is 0.309 e. The van der Waals surface area contributed by atoms with Gasteiger partial charge in [-0.1, -0.05) is 23.7 Å². The summed E-state index contributed by atoms with van der Waals surface area (Å²) >= 11 is 6.13. The van der Waals surface area contributed by atoms with E-state index >= 15 is 0 Å². The number of nitrogens with one attached hydrogen (secondary N) is 1. The normalized spacial score (nSPS) is 12.0. The number of aromatic nitrogens is 4. The second kappa shape index (κ2) is 7.77. The van der Waals surface area contributed by atoms with Crippen LogP contribution in [0.5, 0.6) is 0 Å². The molecule has 0 saturated carbocycles. The largest absolute Gasteiger partial charge is 0.309 e. The van der Waals surface area contributed by atoms with Crippen molar-refractivity contribution in [3.05, 3.63) is 68.9 Å². The summed E-state index contributed by atoms with van der Waals surface area (Å²) in [5.74, 6) is -0.713. The van der Waals surface area contributed by atoms with E-state index in [4.69, 9.17) is 11.6 Å². The number of nitrogens with zero attached hydrogens (tertiary/aromatic N) is 5. The molecular formula is C17H16ClFN6O3. The number of hydrogen-bond acceptors (Lipinski definition) is 5. The molecule has 2 aromatic heterocycles. The summed E-state index contributed by atoms with van der Waals surface area (Å²) in [6, 6.07) is 5.23. The van der Waals surface area contributed by atoms with Gasteiger partial charge in [0.15, 0.2) is 5.82 Å². The molecule has 1 amide bonds. The molecule has 3 rings (SSSR count). The molecule has 0 bridgehead atoms. The average Bonchev–Trinajstić information content (AvgIpc) is 3.17. The van der Waals surface area contributed by atoms with Crippen molar-refractivity contribution in [1.29, 1.82) is 0 Å². The molecule has 0 saturated heterocycles. The van der Waals surface area contributed by atoms with Crippen molar-refractivity contribution in [3.63, 3.8) is 0 Å². The summed E-state index contributed by atoms with van der Waals surface area (Å²) in [4.78, 5) is 22.9. The Hall–Kier alpha value is -3.27. The van der Waals surface area contributed by atoms with Crippen LogP contribution >= 0.6 is 11.6 Å². The molecular weight excluding hydrogens is 391 g/mol. The molecule has 0 radical (unpaired) electrons. The van der Waals surface area contributed by atoms with Gasteiger partial charge in [-0.05, 0) is 31.5 Å². The molecule has 1 unspecified atom stereocenters. The van der Waals surface area contributed by atoms with Crippen molar-refractivity contribution in [1.82, 2.24) is 19.6 Å². The van der Waals surface area contributed by atoms with Gasteiger partial charge in [0, 0.05) is 6.20 Å². The van der Waals surface area contributed by atoms with E-state index in [1.165, 1.54) is 34.6 Å². The van der Waals surface area contributed by atoms with Gasteiger partial charge in [0.2, 0.25) is 5.91 Å². The fourth-order valence-corrected chi connectivity index (χ4v) is 2.90. The van der Waals surface area contributed by atoms with E-state index in [1.54, 1.807) is 19.1 Å². The van der Waals surface area contributed by atoms with Gasteiger partial charge in [0.1, 0.15) is 28.8 Å². The molecule has 3 aromatic rings. The van der Waals surface area contributed by atoms with Gasteiger partial charge in [-0.3, -0.25) is 24.3 Å².